The van der Waals surface area contributed by atoms with Gasteiger partial charge in [-0.25, -0.2) is 9.97 Å². The number of carbonyl (C=O) groups is 1. The molecule has 0 radical (unpaired) electrons. The molecule has 4 rings (SSSR count). The number of aromatic amines is 1. The minimum absolute atomic E-state index is 0.232. The zero-order valence-electron chi connectivity index (χ0n) is 13.1. The quantitative estimate of drug-likeness (QED) is 0.539. The summed E-state index contributed by atoms with van der Waals surface area (Å²) in [4.78, 5) is 37.1. The standard InChI is InChI=1S/C16H11ClN4O2S2/c1-6-11-13(22)18-7(2)19-15(11)25-12(6)14(23)21-16-20-9-4-3-8(17)5-10(9)24-16/h3-5H,1-2H3,(H,18,19,22)(H,20,21,23). The highest BCUT2D eigenvalue weighted by atomic mass is 35.5. The van der Waals surface area contributed by atoms with Crippen LogP contribution in [0.4, 0.5) is 5.13 Å². The summed E-state index contributed by atoms with van der Waals surface area (Å²) in [7, 11) is 0. The van der Waals surface area contributed by atoms with Gasteiger partial charge in [-0.2, -0.15) is 0 Å². The number of nitrogens with one attached hydrogen (secondary N) is 2. The monoisotopic (exact) mass is 390 g/mol. The van der Waals surface area contributed by atoms with E-state index in [4.69, 9.17) is 11.6 Å². The number of hydrogen-bond acceptors (Lipinski definition) is 6. The fourth-order valence-electron chi connectivity index (χ4n) is 2.57. The number of aromatic nitrogens is 3. The fourth-order valence-corrected chi connectivity index (χ4v) is 4.83. The Morgan fingerprint density at radius 2 is 2.04 bits per heavy atom. The zero-order chi connectivity index (χ0) is 17.7. The van der Waals surface area contributed by atoms with Crippen molar-refractivity contribution in [3.8, 4) is 0 Å². The second kappa shape index (κ2) is 5.91. The molecule has 1 aromatic carbocycles. The van der Waals surface area contributed by atoms with Gasteiger partial charge < -0.3 is 4.98 Å². The molecule has 25 heavy (non-hydrogen) atoms. The van der Waals surface area contributed by atoms with E-state index in [2.05, 4.69) is 20.3 Å². The Hall–Kier alpha value is -2.29. The first kappa shape index (κ1) is 16.2. The van der Waals surface area contributed by atoms with Gasteiger partial charge >= 0.3 is 0 Å². The van der Waals surface area contributed by atoms with E-state index >= 15 is 0 Å². The van der Waals surface area contributed by atoms with Crippen molar-refractivity contribution < 1.29 is 4.79 Å². The smallest absolute Gasteiger partial charge is 0.267 e. The van der Waals surface area contributed by atoms with E-state index in [9.17, 15) is 9.59 Å². The van der Waals surface area contributed by atoms with Crippen LogP contribution < -0.4 is 10.9 Å². The van der Waals surface area contributed by atoms with E-state index in [0.29, 0.717) is 36.6 Å². The normalized spacial score (nSPS) is 11.3. The van der Waals surface area contributed by atoms with Gasteiger partial charge in [0.25, 0.3) is 11.5 Å². The minimum Gasteiger partial charge on any atom is -0.310 e. The summed E-state index contributed by atoms with van der Waals surface area (Å²) < 4.78 is 0.893. The number of nitrogens with zero attached hydrogens (tertiary/aromatic N) is 2. The third-order valence-electron chi connectivity index (χ3n) is 3.70. The van der Waals surface area contributed by atoms with Crippen molar-refractivity contribution in [2.75, 3.05) is 5.32 Å². The molecule has 0 unspecified atom stereocenters. The number of hydrogen-bond donors (Lipinski definition) is 2. The van der Waals surface area contributed by atoms with E-state index < -0.39 is 0 Å². The van der Waals surface area contributed by atoms with Crippen molar-refractivity contribution in [2.24, 2.45) is 0 Å². The summed E-state index contributed by atoms with van der Waals surface area (Å²) in [6.07, 6.45) is 0. The number of anilines is 1. The maximum atomic E-state index is 12.6. The van der Waals surface area contributed by atoms with Gasteiger partial charge in [-0.15, -0.1) is 11.3 Å². The van der Waals surface area contributed by atoms with Gasteiger partial charge in [0.2, 0.25) is 0 Å². The molecule has 2 N–H and O–H groups in total. The van der Waals surface area contributed by atoms with E-state index in [1.807, 2.05) is 0 Å². The van der Waals surface area contributed by atoms with Crippen molar-refractivity contribution in [1.29, 1.82) is 0 Å². The largest absolute Gasteiger partial charge is 0.310 e. The van der Waals surface area contributed by atoms with Crippen LogP contribution in [0.25, 0.3) is 20.4 Å². The topological polar surface area (TPSA) is 87.7 Å². The summed E-state index contributed by atoms with van der Waals surface area (Å²) >= 11 is 8.52. The Bertz CT molecular complexity index is 1210. The number of thiophene rings is 1. The molecule has 0 aliphatic carbocycles. The molecule has 0 atom stereocenters. The van der Waals surface area contributed by atoms with Crippen LogP contribution in [0.1, 0.15) is 21.1 Å². The molecule has 3 heterocycles. The Balaban J connectivity index is 1.73. The van der Waals surface area contributed by atoms with Crippen molar-refractivity contribution in [3.05, 3.63) is 49.8 Å². The van der Waals surface area contributed by atoms with Crippen LogP contribution in [-0.4, -0.2) is 20.9 Å². The number of benzene rings is 1. The summed E-state index contributed by atoms with van der Waals surface area (Å²) in [5, 5.41) is 4.36. The van der Waals surface area contributed by atoms with Crippen LogP contribution in [0.15, 0.2) is 23.0 Å². The number of halogens is 1. The lowest BCUT2D eigenvalue weighted by Crippen LogP contribution is -2.12. The van der Waals surface area contributed by atoms with Gasteiger partial charge in [0.1, 0.15) is 10.7 Å². The van der Waals surface area contributed by atoms with E-state index in [1.165, 1.54) is 22.7 Å². The first-order valence-corrected chi connectivity index (χ1v) is 9.31. The Labute approximate surface area is 154 Å². The summed E-state index contributed by atoms with van der Waals surface area (Å²) in [6, 6.07) is 5.37. The molecule has 0 saturated carbocycles. The molecule has 126 valence electrons. The number of amides is 1. The number of rotatable bonds is 2. The van der Waals surface area contributed by atoms with Gasteiger partial charge in [-0.1, -0.05) is 22.9 Å². The average molecular weight is 391 g/mol. The Kier molecular flexibility index (Phi) is 3.82. The third-order valence-corrected chi connectivity index (χ3v) is 6.05. The van der Waals surface area contributed by atoms with Crippen LogP contribution in [0.3, 0.4) is 0 Å². The lowest BCUT2D eigenvalue weighted by molar-refractivity contribution is 0.103. The summed E-state index contributed by atoms with van der Waals surface area (Å²) in [5.41, 5.74) is 1.16. The van der Waals surface area contributed by atoms with Crippen molar-refractivity contribution in [1.82, 2.24) is 15.0 Å². The predicted molar refractivity (Wildman–Crippen MR) is 102 cm³/mol. The average Bonchev–Trinajstić information content (AvgIpc) is 3.07. The molecule has 0 aliphatic heterocycles. The molecular formula is C16H11ClN4O2S2. The molecule has 0 saturated heterocycles. The fraction of sp³-hybridized carbons (Fsp3) is 0.125. The molecule has 6 nitrogen and oxygen atoms in total. The second-order valence-electron chi connectivity index (χ2n) is 5.47. The number of aryl methyl sites for hydroxylation is 2. The van der Waals surface area contributed by atoms with Crippen LogP contribution in [-0.2, 0) is 0 Å². The molecule has 9 heteroatoms. The van der Waals surface area contributed by atoms with Crippen molar-refractivity contribution >= 4 is 65.7 Å². The summed E-state index contributed by atoms with van der Waals surface area (Å²) in [5.74, 6) is 0.219. The third kappa shape index (κ3) is 2.82. The predicted octanol–water partition coefficient (Wildman–Crippen LogP) is 4.12. The van der Waals surface area contributed by atoms with Crippen LogP contribution in [0.2, 0.25) is 5.02 Å². The van der Waals surface area contributed by atoms with Crippen molar-refractivity contribution in [2.45, 2.75) is 13.8 Å². The van der Waals surface area contributed by atoms with E-state index in [1.54, 1.807) is 32.0 Å². The van der Waals surface area contributed by atoms with Gasteiger partial charge in [0.05, 0.1) is 20.5 Å². The minimum atomic E-state index is -0.303. The molecule has 1 amide bonds. The molecule has 3 aromatic heterocycles. The molecule has 0 spiro atoms. The van der Waals surface area contributed by atoms with Crippen LogP contribution >= 0.6 is 34.3 Å². The molecule has 0 bridgehead atoms. The molecular weight excluding hydrogens is 380 g/mol. The second-order valence-corrected chi connectivity index (χ2v) is 7.94. The number of fused-ring (bicyclic) bond motifs is 2. The Morgan fingerprint density at radius 1 is 1.24 bits per heavy atom. The van der Waals surface area contributed by atoms with Gasteiger partial charge in [-0.05, 0) is 37.6 Å². The highest BCUT2D eigenvalue weighted by molar-refractivity contribution is 7.23. The number of carbonyl (C=O) groups excluding carboxylic acids is 1. The van der Waals surface area contributed by atoms with Gasteiger partial charge in [0.15, 0.2) is 5.13 Å². The van der Waals surface area contributed by atoms with Crippen LogP contribution in [0.5, 0.6) is 0 Å². The van der Waals surface area contributed by atoms with Gasteiger partial charge in [-0.3, -0.25) is 14.9 Å². The zero-order valence-corrected chi connectivity index (χ0v) is 15.5. The van der Waals surface area contributed by atoms with Crippen molar-refractivity contribution in [3.63, 3.8) is 0 Å². The maximum absolute atomic E-state index is 12.6. The Morgan fingerprint density at radius 3 is 2.84 bits per heavy atom. The molecule has 4 aromatic rings. The summed E-state index contributed by atoms with van der Waals surface area (Å²) in [6.45, 7) is 3.46. The SMILES string of the molecule is Cc1nc2sc(C(=O)Nc3nc4ccc(Cl)cc4s3)c(C)c2c(=O)[nH]1. The number of thiazole rings is 1. The molecule has 0 aliphatic rings. The number of H-pyrrole nitrogens is 1. The maximum Gasteiger partial charge on any atom is 0.267 e. The van der Waals surface area contributed by atoms with Gasteiger partial charge in [0, 0.05) is 5.02 Å². The highest BCUT2D eigenvalue weighted by Gasteiger charge is 2.20. The molecule has 0 fully saturated rings. The van der Waals surface area contributed by atoms with E-state index in [-0.39, 0.29) is 11.5 Å². The first-order chi connectivity index (χ1) is 11.9. The van der Waals surface area contributed by atoms with E-state index in [0.717, 1.165) is 10.2 Å². The first-order valence-electron chi connectivity index (χ1n) is 7.30. The lowest BCUT2D eigenvalue weighted by atomic mass is 10.2. The van der Waals surface area contributed by atoms with Crippen LogP contribution in [0, 0.1) is 13.8 Å². The lowest BCUT2D eigenvalue weighted by Gasteiger charge is -1.99. The highest BCUT2D eigenvalue weighted by Crippen LogP contribution is 2.31.